The summed E-state index contributed by atoms with van der Waals surface area (Å²) in [5.74, 6) is 1.18. The molecule has 0 atom stereocenters. The van der Waals surface area contributed by atoms with Gasteiger partial charge in [-0.25, -0.2) is 0 Å². The first-order chi connectivity index (χ1) is 6.43. The average Bonchev–Trinajstić information content (AvgIpc) is 2.63. The standard InChI is InChI=1S/C10H17NS2/c1-2-3-6-11-7-9-13-10-5-4-8-12-10/h4-5,8,11H,2-3,6-7,9H2,1H3. The minimum Gasteiger partial charge on any atom is -0.316 e. The zero-order chi connectivity index (χ0) is 9.36. The maximum absolute atomic E-state index is 3.43. The van der Waals surface area contributed by atoms with E-state index in [4.69, 9.17) is 0 Å². The molecule has 0 spiro atoms. The van der Waals surface area contributed by atoms with Crippen LogP contribution in [0.25, 0.3) is 0 Å². The first-order valence-corrected chi connectivity index (χ1v) is 6.67. The number of unbranched alkanes of at least 4 members (excludes halogenated alkanes) is 1. The third kappa shape index (κ3) is 5.34. The van der Waals surface area contributed by atoms with Crippen LogP contribution in [0, 0.1) is 0 Å². The van der Waals surface area contributed by atoms with Gasteiger partial charge in [-0.3, -0.25) is 0 Å². The Hall–Kier alpha value is 0.01000. The lowest BCUT2D eigenvalue weighted by molar-refractivity contribution is 0.666. The highest BCUT2D eigenvalue weighted by Crippen LogP contribution is 2.22. The van der Waals surface area contributed by atoms with Gasteiger partial charge in [0, 0.05) is 12.3 Å². The van der Waals surface area contributed by atoms with Crippen molar-refractivity contribution in [2.24, 2.45) is 0 Å². The fourth-order valence-corrected chi connectivity index (χ4v) is 2.76. The molecule has 0 aromatic carbocycles. The van der Waals surface area contributed by atoms with Gasteiger partial charge in [0.05, 0.1) is 4.21 Å². The molecular formula is C10H17NS2. The Morgan fingerprint density at radius 3 is 3.08 bits per heavy atom. The van der Waals surface area contributed by atoms with Crippen molar-refractivity contribution >= 4 is 23.1 Å². The number of thiophene rings is 1. The van der Waals surface area contributed by atoms with Crippen LogP contribution in [0.5, 0.6) is 0 Å². The van der Waals surface area contributed by atoms with E-state index in [9.17, 15) is 0 Å². The van der Waals surface area contributed by atoms with Crippen LogP contribution in [0.1, 0.15) is 19.8 Å². The zero-order valence-electron chi connectivity index (χ0n) is 8.08. The van der Waals surface area contributed by atoms with E-state index in [1.165, 1.54) is 29.3 Å². The Balaban J connectivity index is 1.90. The molecule has 1 aromatic heterocycles. The minimum absolute atomic E-state index is 1.13. The molecule has 0 fully saturated rings. The fourth-order valence-electron chi connectivity index (χ4n) is 0.996. The second-order valence-corrected chi connectivity index (χ2v) is 5.23. The van der Waals surface area contributed by atoms with Gasteiger partial charge in [-0.15, -0.1) is 23.1 Å². The minimum atomic E-state index is 1.13. The van der Waals surface area contributed by atoms with Crippen molar-refractivity contribution in [2.45, 2.75) is 24.0 Å². The third-order valence-electron chi connectivity index (χ3n) is 1.73. The van der Waals surface area contributed by atoms with E-state index >= 15 is 0 Å². The molecule has 1 N–H and O–H groups in total. The molecule has 1 aromatic rings. The summed E-state index contributed by atoms with van der Waals surface area (Å²) >= 11 is 3.77. The lowest BCUT2D eigenvalue weighted by Crippen LogP contribution is -2.17. The van der Waals surface area contributed by atoms with Crippen molar-refractivity contribution < 1.29 is 0 Å². The second-order valence-electron chi connectivity index (χ2n) is 2.88. The van der Waals surface area contributed by atoms with Crippen LogP contribution in [-0.2, 0) is 0 Å². The molecule has 0 amide bonds. The smallest absolute Gasteiger partial charge is 0.0598 e. The molecule has 13 heavy (non-hydrogen) atoms. The van der Waals surface area contributed by atoms with Crippen molar-refractivity contribution in [2.75, 3.05) is 18.8 Å². The third-order valence-corrected chi connectivity index (χ3v) is 3.86. The van der Waals surface area contributed by atoms with Gasteiger partial charge in [0.15, 0.2) is 0 Å². The first-order valence-electron chi connectivity index (χ1n) is 4.80. The predicted octanol–water partition coefficient (Wildman–Crippen LogP) is 3.23. The highest BCUT2D eigenvalue weighted by molar-refractivity contribution is 8.01. The Labute approximate surface area is 88.9 Å². The summed E-state index contributed by atoms with van der Waals surface area (Å²) in [7, 11) is 0. The number of hydrogen-bond donors (Lipinski definition) is 1. The summed E-state index contributed by atoms with van der Waals surface area (Å²) in [6.07, 6.45) is 2.58. The van der Waals surface area contributed by atoms with Crippen LogP contribution < -0.4 is 5.32 Å². The molecule has 0 aliphatic carbocycles. The summed E-state index contributed by atoms with van der Waals surface area (Å²) in [5, 5.41) is 5.56. The topological polar surface area (TPSA) is 12.0 Å². The molecular weight excluding hydrogens is 198 g/mol. The molecule has 74 valence electrons. The van der Waals surface area contributed by atoms with Gasteiger partial charge in [0.2, 0.25) is 0 Å². The van der Waals surface area contributed by atoms with Crippen LogP contribution in [-0.4, -0.2) is 18.8 Å². The quantitative estimate of drug-likeness (QED) is 0.553. The van der Waals surface area contributed by atoms with Crippen LogP contribution in [0.3, 0.4) is 0 Å². The Morgan fingerprint density at radius 2 is 2.38 bits per heavy atom. The molecule has 0 bridgehead atoms. The van der Waals surface area contributed by atoms with Gasteiger partial charge in [0.25, 0.3) is 0 Å². The van der Waals surface area contributed by atoms with Crippen LogP contribution in [0.2, 0.25) is 0 Å². The van der Waals surface area contributed by atoms with Crippen LogP contribution >= 0.6 is 23.1 Å². The zero-order valence-corrected chi connectivity index (χ0v) is 9.72. The van der Waals surface area contributed by atoms with Gasteiger partial charge >= 0.3 is 0 Å². The van der Waals surface area contributed by atoms with Crippen molar-refractivity contribution in [1.82, 2.24) is 5.32 Å². The molecule has 1 heterocycles. The summed E-state index contributed by atoms with van der Waals surface area (Å²) in [4.78, 5) is 0. The van der Waals surface area contributed by atoms with Crippen LogP contribution in [0.15, 0.2) is 21.7 Å². The monoisotopic (exact) mass is 215 g/mol. The summed E-state index contributed by atoms with van der Waals surface area (Å²) in [6.45, 7) is 4.52. The van der Waals surface area contributed by atoms with Gasteiger partial charge in [-0.2, -0.15) is 0 Å². The second kappa shape index (κ2) is 7.42. The molecule has 0 saturated carbocycles. The predicted molar refractivity (Wildman–Crippen MR) is 62.8 cm³/mol. The molecule has 0 saturated heterocycles. The van der Waals surface area contributed by atoms with Gasteiger partial charge < -0.3 is 5.32 Å². The van der Waals surface area contributed by atoms with E-state index < -0.39 is 0 Å². The molecule has 0 aliphatic heterocycles. The highest BCUT2D eigenvalue weighted by Gasteiger charge is 1.93. The molecule has 0 unspecified atom stereocenters. The van der Waals surface area contributed by atoms with Crippen molar-refractivity contribution in [3.05, 3.63) is 17.5 Å². The SMILES string of the molecule is CCCCNCCSc1cccs1. The van der Waals surface area contributed by atoms with E-state index in [1.54, 1.807) is 0 Å². The molecule has 1 rings (SSSR count). The number of rotatable bonds is 7. The Bertz CT molecular complexity index is 197. The summed E-state index contributed by atoms with van der Waals surface area (Å²) in [6, 6.07) is 4.29. The number of thioether (sulfide) groups is 1. The van der Waals surface area contributed by atoms with E-state index in [0.717, 1.165) is 6.54 Å². The van der Waals surface area contributed by atoms with E-state index in [0.29, 0.717) is 0 Å². The van der Waals surface area contributed by atoms with E-state index in [-0.39, 0.29) is 0 Å². The summed E-state index contributed by atoms with van der Waals surface area (Å²) in [5.41, 5.74) is 0. The van der Waals surface area contributed by atoms with E-state index in [1.807, 2.05) is 23.1 Å². The largest absolute Gasteiger partial charge is 0.316 e. The maximum Gasteiger partial charge on any atom is 0.0598 e. The van der Waals surface area contributed by atoms with Gasteiger partial charge in [0.1, 0.15) is 0 Å². The average molecular weight is 215 g/mol. The molecule has 1 nitrogen and oxygen atoms in total. The Morgan fingerprint density at radius 1 is 1.46 bits per heavy atom. The number of hydrogen-bond acceptors (Lipinski definition) is 3. The van der Waals surface area contributed by atoms with E-state index in [2.05, 4.69) is 29.8 Å². The Kier molecular flexibility index (Phi) is 6.33. The lowest BCUT2D eigenvalue weighted by Gasteiger charge is -2.01. The maximum atomic E-state index is 3.43. The van der Waals surface area contributed by atoms with Crippen LogP contribution in [0.4, 0.5) is 0 Å². The first kappa shape index (κ1) is 11.1. The molecule has 0 aliphatic rings. The van der Waals surface area contributed by atoms with Gasteiger partial charge in [-0.05, 0) is 24.4 Å². The normalized spacial score (nSPS) is 10.5. The van der Waals surface area contributed by atoms with Crippen molar-refractivity contribution in [3.63, 3.8) is 0 Å². The van der Waals surface area contributed by atoms with Gasteiger partial charge in [-0.1, -0.05) is 19.4 Å². The van der Waals surface area contributed by atoms with Crippen molar-refractivity contribution in [1.29, 1.82) is 0 Å². The van der Waals surface area contributed by atoms with Crippen molar-refractivity contribution in [3.8, 4) is 0 Å². The highest BCUT2D eigenvalue weighted by atomic mass is 32.2. The summed E-state index contributed by atoms with van der Waals surface area (Å²) < 4.78 is 1.43. The fraction of sp³-hybridized carbons (Fsp3) is 0.600. The number of nitrogens with one attached hydrogen (secondary N) is 1. The molecule has 3 heteroatoms. The molecule has 0 radical (unpaired) electrons. The lowest BCUT2D eigenvalue weighted by atomic mass is 10.3.